The molecule has 1 unspecified atom stereocenters. The van der Waals surface area contributed by atoms with Crippen molar-refractivity contribution in [3.63, 3.8) is 0 Å². The van der Waals surface area contributed by atoms with Crippen molar-refractivity contribution in [2.24, 2.45) is 0 Å². The van der Waals surface area contributed by atoms with Crippen LogP contribution in [0.15, 0.2) is 42.6 Å². The van der Waals surface area contributed by atoms with E-state index in [4.69, 9.17) is 5.26 Å². The van der Waals surface area contributed by atoms with E-state index in [-0.39, 0.29) is 0 Å². The molecule has 3 rings (SSSR count). The fourth-order valence-corrected chi connectivity index (χ4v) is 2.66. The summed E-state index contributed by atoms with van der Waals surface area (Å²) in [6.45, 7) is 0. The Morgan fingerprint density at radius 1 is 1.26 bits per heavy atom. The lowest BCUT2D eigenvalue weighted by atomic mass is 9.88. The standard InChI is InChI=1S/C16H15N3/c17-11-12-8-9-18-16(10-12)19-15-7-3-5-13-4-1-2-6-14(13)15/h1-2,4,6,8-10,15H,3,5,7H2,(H,18,19). The molecule has 0 saturated heterocycles. The minimum Gasteiger partial charge on any atom is -0.363 e. The second kappa shape index (κ2) is 5.11. The molecule has 0 saturated carbocycles. The average molecular weight is 249 g/mol. The first kappa shape index (κ1) is 11.7. The number of fused-ring (bicyclic) bond motifs is 1. The van der Waals surface area contributed by atoms with Crippen LogP contribution in [0.3, 0.4) is 0 Å². The Morgan fingerprint density at radius 2 is 2.16 bits per heavy atom. The summed E-state index contributed by atoms with van der Waals surface area (Å²) in [6, 6.07) is 14.5. The van der Waals surface area contributed by atoms with Gasteiger partial charge < -0.3 is 5.32 Å². The predicted molar refractivity (Wildman–Crippen MR) is 74.7 cm³/mol. The predicted octanol–water partition coefficient (Wildman–Crippen LogP) is 3.44. The van der Waals surface area contributed by atoms with E-state index in [1.807, 2.05) is 0 Å². The van der Waals surface area contributed by atoms with Crippen LogP contribution >= 0.6 is 0 Å². The average Bonchev–Trinajstić information content (AvgIpc) is 2.48. The molecular formula is C16H15N3. The third kappa shape index (κ3) is 2.43. The number of aromatic nitrogens is 1. The van der Waals surface area contributed by atoms with E-state index in [2.05, 4.69) is 40.6 Å². The maximum Gasteiger partial charge on any atom is 0.127 e. The van der Waals surface area contributed by atoms with Crippen molar-refractivity contribution < 1.29 is 0 Å². The van der Waals surface area contributed by atoms with Gasteiger partial charge in [-0.3, -0.25) is 0 Å². The van der Waals surface area contributed by atoms with E-state index in [1.165, 1.54) is 17.5 Å². The van der Waals surface area contributed by atoms with E-state index in [1.54, 1.807) is 18.3 Å². The lowest BCUT2D eigenvalue weighted by molar-refractivity contribution is 0.598. The van der Waals surface area contributed by atoms with Crippen LogP contribution in [0.5, 0.6) is 0 Å². The number of rotatable bonds is 2. The SMILES string of the molecule is N#Cc1ccnc(NC2CCCc3ccccc32)c1. The maximum absolute atomic E-state index is 8.92. The fourth-order valence-electron chi connectivity index (χ4n) is 2.66. The molecule has 1 atom stereocenters. The zero-order chi connectivity index (χ0) is 13.1. The van der Waals surface area contributed by atoms with Gasteiger partial charge in [0.25, 0.3) is 0 Å². The van der Waals surface area contributed by atoms with Crippen LogP contribution in [-0.2, 0) is 6.42 Å². The maximum atomic E-state index is 8.92. The number of nitriles is 1. The molecule has 0 spiro atoms. The Hall–Kier alpha value is -2.34. The molecule has 94 valence electrons. The fraction of sp³-hybridized carbons (Fsp3) is 0.250. The first-order valence-corrected chi connectivity index (χ1v) is 6.57. The van der Waals surface area contributed by atoms with Crippen LogP contribution in [0.4, 0.5) is 5.82 Å². The third-order valence-electron chi connectivity index (χ3n) is 3.58. The Morgan fingerprint density at radius 3 is 3.05 bits per heavy atom. The Kier molecular flexibility index (Phi) is 3.16. The number of aryl methyl sites for hydroxylation is 1. The van der Waals surface area contributed by atoms with Gasteiger partial charge in [-0.1, -0.05) is 24.3 Å². The molecule has 1 N–H and O–H groups in total. The third-order valence-corrected chi connectivity index (χ3v) is 3.58. The van der Waals surface area contributed by atoms with Crippen LogP contribution in [0.25, 0.3) is 0 Å². The van der Waals surface area contributed by atoms with Gasteiger partial charge in [0.2, 0.25) is 0 Å². The van der Waals surface area contributed by atoms with Crippen LogP contribution < -0.4 is 5.32 Å². The lowest BCUT2D eigenvalue weighted by Crippen LogP contribution is -2.17. The van der Waals surface area contributed by atoms with Crippen molar-refractivity contribution in [3.05, 3.63) is 59.3 Å². The number of nitrogens with zero attached hydrogens (tertiary/aromatic N) is 2. The highest BCUT2D eigenvalue weighted by atomic mass is 15.0. The summed E-state index contributed by atoms with van der Waals surface area (Å²) in [7, 11) is 0. The van der Waals surface area contributed by atoms with Gasteiger partial charge in [0, 0.05) is 6.20 Å². The minimum atomic E-state index is 0.298. The van der Waals surface area contributed by atoms with Gasteiger partial charge in [-0.05, 0) is 42.5 Å². The number of hydrogen-bond donors (Lipinski definition) is 1. The largest absolute Gasteiger partial charge is 0.363 e. The highest BCUT2D eigenvalue weighted by molar-refractivity contribution is 5.46. The molecule has 3 nitrogen and oxygen atoms in total. The quantitative estimate of drug-likeness (QED) is 0.886. The highest BCUT2D eigenvalue weighted by Gasteiger charge is 2.19. The molecule has 19 heavy (non-hydrogen) atoms. The summed E-state index contributed by atoms with van der Waals surface area (Å²) < 4.78 is 0. The van der Waals surface area contributed by atoms with Gasteiger partial charge in [0.15, 0.2) is 0 Å². The highest BCUT2D eigenvalue weighted by Crippen LogP contribution is 2.31. The monoisotopic (exact) mass is 249 g/mol. The van der Waals surface area contributed by atoms with Crippen molar-refractivity contribution >= 4 is 5.82 Å². The van der Waals surface area contributed by atoms with E-state index >= 15 is 0 Å². The number of hydrogen-bond acceptors (Lipinski definition) is 3. The van der Waals surface area contributed by atoms with E-state index in [9.17, 15) is 0 Å². The lowest BCUT2D eigenvalue weighted by Gasteiger charge is -2.26. The van der Waals surface area contributed by atoms with Gasteiger partial charge >= 0.3 is 0 Å². The van der Waals surface area contributed by atoms with Gasteiger partial charge in [0.05, 0.1) is 17.7 Å². The number of nitrogens with one attached hydrogen (secondary N) is 1. The summed E-state index contributed by atoms with van der Waals surface area (Å²) >= 11 is 0. The molecule has 0 amide bonds. The van der Waals surface area contributed by atoms with E-state index in [0.717, 1.165) is 18.7 Å². The van der Waals surface area contributed by atoms with Crippen molar-refractivity contribution in [1.82, 2.24) is 4.98 Å². The first-order valence-electron chi connectivity index (χ1n) is 6.57. The van der Waals surface area contributed by atoms with Crippen molar-refractivity contribution in [2.75, 3.05) is 5.32 Å². The summed E-state index contributed by atoms with van der Waals surface area (Å²) in [6.07, 6.45) is 5.12. The minimum absolute atomic E-state index is 0.298. The molecule has 1 aromatic heterocycles. The molecule has 0 bridgehead atoms. The smallest absolute Gasteiger partial charge is 0.127 e. The number of anilines is 1. The number of pyridine rings is 1. The summed E-state index contributed by atoms with van der Waals surface area (Å²) in [5, 5.41) is 12.4. The second-order valence-corrected chi connectivity index (χ2v) is 4.83. The van der Waals surface area contributed by atoms with Crippen LogP contribution in [0, 0.1) is 11.3 Å². The zero-order valence-corrected chi connectivity index (χ0v) is 10.6. The second-order valence-electron chi connectivity index (χ2n) is 4.83. The van der Waals surface area contributed by atoms with Gasteiger partial charge in [-0.25, -0.2) is 4.98 Å². The van der Waals surface area contributed by atoms with Crippen molar-refractivity contribution in [2.45, 2.75) is 25.3 Å². The van der Waals surface area contributed by atoms with Gasteiger partial charge in [-0.15, -0.1) is 0 Å². The summed E-state index contributed by atoms with van der Waals surface area (Å²) in [5.41, 5.74) is 3.42. The molecule has 1 aliphatic carbocycles. The first-order chi connectivity index (χ1) is 9.36. The molecule has 3 heteroatoms. The molecule has 1 aliphatic rings. The van der Waals surface area contributed by atoms with Crippen LogP contribution in [-0.4, -0.2) is 4.98 Å². The van der Waals surface area contributed by atoms with E-state index < -0.39 is 0 Å². The zero-order valence-electron chi connectivity index (χ0n) is 10.6. The Bertz CT molecular complexity index is 628. The molecule has 0 radical (unpaired) electrons. The molecule has 1 heterocycles. The molecule has 1 aromatic carbocycles. The summed E-state index contributed by atoms with van der Waals surface area (Å²) in [4.78, 5) is 4.29. The Balaban J connectivity index is 1.86. The van der Waals surface area contributed by atoms with E-state index in [0.29, 0.717) is 11.6 Å². The van der Waals surface area contributed by atoms with Crippen LogP contribution in [0.1, 0.15) is 35.6 Å². The topological polar surface area (TPSA) is 48.7 Å². The Labute approximate surface area is 112 Å². The molecule has 0 aliphatic heterocycles. The molecule has 0 fully saturated rings. The summed E-state index contributed by atoms with van der Waals surface area (Å²) in [5.74, 6) is 0.778. The van der Waals surface area contributed by atoms with Gasteiger partial charge in [0.1, 0.15) is 5.82 Å². The van der Waals surface area contributed by atoms with Gasteiger partial charge in [-0.2, -0.15) is 5.26 Å². The molecule has 2 aromatic rings. The molecular weight excluding hydrogens is 234 g/mol. The normalized spacial score (nSPS) is 17.3. The van der Waals surface area contributed by atoms with Crippen molar-refractivity contribution in [1.29, 1.82) is 5.26 Å². The van der Waals surface area contributed by atoms with Crippen molar-refractivity contribution in [3.8, 4) is 6.07 Å². The van der Waals surface area contributed by atoms with Crippen LogP contribution in [0.2, 0.25) is 0 Å². The number of benzene rings is 1.